The number of amides is 1. The fourth-order valence-corrected chi connectivity index (χ4v) is 4.89. The van der Waals surface area contributed by atoms with Crippen molar-refractivity contribution in [1.82, 2.24) is 15.0 Å². The van der Waals surface area contributed by atoms with Gasteiger partial charge in [0.1, 0.15) is 34.0 Å². The molecule has 1 aliphatic heterocycles. The minimum atomic E-state index is -0.550. The smallest absolute Gasteiger partial charge is 0.267 e. The van der Waals surface area contributed by atoms with E-state index < -0.39 is 5.91 Å². The SMILES string of the molecule is Cc1nc(N2CCC(Oc3ccnc(C(N)=O)c3)CC2)c2c(CC(C)C)csc2n1. The highest BCUT2D eigenvalue weighted by Crippen LogP contribution is 2.35. The van der Waals surface area contributed by atoms with Crippen LogP contribution in [0, 0.1) is 12.8 Å². The monoisotopic (exact) mass is 425 g/mol. The first-order valence-electron chi connectivity index (χ1n) is 10.3. The predicted octanol–water partition coefficient (Wildman–Crippen LogP) is 3.74. The number of carbonyl (C=O) groups is 1. The van der Waals surface area contributed by atoms with E-state index in [0.29, 0.717) is 11.7 Å². The predicted molar refractivity (Wildman–Crippen MR) is 119 cm³/mol. The van der Waals surface area contributed by atoms with Crippen LogP contribution in [0.5, 0.6) is 5.75 Å². The van der Waals surface area contributed by atoms with Gasteiger partial charge in [-0.3, -0.25) is 9.78 Å². The van der Waals surface area contributed by atoms with Crippen molar-refractivity contribution in [1.29, 1.82) is 0 Å². The topological polar surface area (TPSA) is 94.2 Å². The molecular formula is C22H27N5O2S. The highest BCUT2D eigenvalue weighted by molar-refractivity contribution is 7.17. The van der Waals surface area contributed by atoms with Crippen LogP contribution in [0.1, 0.15) is 48.6 Å². The van der Waals surface area contributed by atoms with Gasteiger partial charge < -0.3 is 15.4 Å². The Morgan fingerprint density at radius 1 is 1.33 bits per heavy atom. The van der Waals surface area contributed by atoms with Gasteiger partial charge >= 0.3 is 0 Å². The third kappa shape index (κ3) is 4.38. The Morgan fingerprint density at radius 3 is 2.80 bits per heavy atom. The number of primary amides is 1. The van der Waals surface area contributed by atoms with E-state index in [9.17, 15) is 4.79 Å². The van der Waals surface area contributed by atoms with Crippen LogP contribution in [0.3, 0.4) is 0 Å². The maximum atomic E-state index is 11.3. The van der Waals surface area contributed by atoms with Crippen molar-refractivity contribution in [2.75, 3.05) is 18.0 Å². The van der Waals surface area contributed by atoms with Gasteiger partial charge in [0.2, 0.25) is 0 Å². The van der Waals surface area contributed by atoms with E-state index in [-0.39, 0.29) is 11.8 Å². The average Bonchev–Trinajstić information content (AvgIpc) is 3.10. The molecule has 0 aromatic carbocycles. The van der Waals surface area contributed by atoms with Crippen molar-refractivity contribution in [3.8, 4) is 5.75 Å². The summed E-state index contributed by atoms with van der Waals surface area (Å²) in [6.45, 7) is 8.16. The Morgan fingerprint density at radius 2 is 2.10 bits per heavy atom. The molecule has 7 nitrogen and oxygen atoms in total. The Hall–Kier alpha value is -2.74. The summed E-state index contributed by atoms with van der Waals surface area (Å²) in [5.41, 5.74) is 6.88. The lowest BCUT2D eigenvalue weighted by molar-refractivity contribution is 0.0994. The van der Waals surface area contributed by atoms with Gasteiger partial charge in [-0.15, -0.1) is 11.3 Å². The number of anilines is 1. The zero-order valence-electron chi connectivity index (χ0n) is 17.6. The summed E-state index contributed by atoms with van der Waals surface area (Å²) in [7, 11) is 0. The van der Waals surface area contributed by atoms with E-state index in [4.69, 9.17) is 15.5 Å². The number of hydrogen-bond donors (Lipinski definition) is 1. The molecule has 158 valence electrons. The number of thiophene rings is 1. The third-order valence-electron chi connectivity index (χ3n) is 5.26. The molecule has 0 aliphatic carbocycles. The van der Waals surface area contributed by atoms with E-state index >= 15 is 0 Å². The standard InChI is InChI=1S/C22H27N5O2S/c1-13(2)10-15-12-30-22-19(15)21(25-14(3)26-22)27-8-5-16(6-9-27)29-17-4-7-24-18(11-17)20(23)28/h4,7,11-13,16H,5-6,8-10H2,1-3H3,(H2,23,28). The lowest BCUT2D eigenvalue weighted by Crippen LogP contribution is -2.39. The summed E-state index contributed by atoms with van der Waals surface area (Å²) in [5.74, 6) is 2.53. The largest absolute Gasteiger partial charge is 0.490 e. The number of aromatic nitrogens is 3. The van der Waals surface area contributed by atoms with E-state index in [1.54, 1.807) is 29.7 Å². The van der Waals surface area contributed by atoms with Gasteiger partial charge in [-0.1, -0.05) is 13.8 Å². The molecule has 1 amide bonds. The van der Waals surface area contributed by atoms with Crippen molar-refractivity contribution in [3.05, 3.63) is 40.8 Å². The second-order valence-electron chi connectivity index (χ2n) is 8.18. The number of aryl methyl sites for hydroxylation is 1. The number of piperidine rings is 1. The van der Waals surface area contributed by atoms with Crippen LogP contribution in [0.2, 0.25) is 0 Å². The first-order chi connectivity index (χ1) is 14.4. The molecule has 0 radical (unpaired) electrons. The van der Waals surface area contributed by atoms with Gasteiger partial charge in [-0.2, -0.15) is 0 Å². The van der Waals surface area contributed by atoms with Crippen molar-refractivity contribution in [2.24, 2.45) is 11.7 Å². The molecule has 1 saturated heterocycles. The van der Waals surface area contributed by atoms with Crippen LogP contribution < -0.4 is 15.4 Å². The van der Waals surface area contributed by atoms with E-state index in [1.807, 2.05) is 6.92 Å². The number of hydrogen-bond acceptors (Lipinski definition) is 7. The normalized spacial score (nSPS) is 15.1. The highest BCUT2D eigenvalue weighted by atomic mass is 32.1. The summed E-state index contributed by atoms with van der Waals surface area (Å²) in [6.07, 6.45) is 4.42. The fourth-order valence-electron chi connectivity index (χ4n) is 3.90. The Kier molecular flexibility index (Phi) is 5.85. The minimum Gasteiger partial charge on any atom is -0.490 e. The molecule has 30 heavy (non-hydrogen) atoms. The van der Waals surface area contributed by atoms with Gasteiger partial charge in [0.15, 0.2) is 0 Å². The van der Waals surface area contributed by atoms with Crippen LogP contribution in [0.15, 0.2) is 23.7 Å². The first kappa shape index (κ1) is 20.5. The quantitative estimate of drug-likeness (QED) is 0.646. The number of ether oxygens (including phenoxy) is 1. The summed E-state index contributed by atoms with van der Waals surface area (Å²) < 4.78 is 6.10. The molecule has 0 spiro atoms. The molecular weight excluding hydrogens is 398 g/mol. The van der Waals surface area contributed by atoms with Crippen LogP contribution >= 0.6 is 11.3 Å². The van der Waals surface area contributed by atoms with Crippen LogP contribution in [-0.4, -0.2) is 40.1 Å². The minimum absolute atomic E-state index is 0.0837. The van der Waals surface area contributed by atoms with Gasteiger partial charge in [0.25, 0.3) is 5.91 Å². The van der Waals surface area contributed by atoms with Gasteiger partial charge in [-0.05, 0) is 36.3 Å². The molecule has 0 saturated carbocycles. The number of rotatable bonds is 6. The van der Waals surface area contributed by atoms with Crippen molar-refractivity contribution >= 4 is 33.3 Å². The highest BCUT2D eigenvalue weighted by Gasteiger charge is 2.25. The maximum absolute atomic E-state index is 11.3. The zero-order chi connectivity index (χ0) is 21.3. The molecule has 4 rings (SSSR count). The number of fused-ring (bicyclic) bond motifs is 1. The number of nitrogens with two attached hydrogens (primary N) is 1. The van der Waals surface area contributed by atoms with E-state index in [1.165, 1.54) is 10.9 Å². The number of pyridine rings is 1. The number of carbonyl (C=O) groups excluding carboxylic acids is 1. The Bertz CT molecular complexity index is 1060. The van der Waals surface area contributed by atoms with E-state index in [0.717, 1.165) is 48.8 Å². The van der Waals surface area contributed by atoms with Gasteiger partial charge in [0, 0.05) is 38.2 Å². The lowest BCUT2D eigenvalue weighted by atomic mass is 10.0. The molecule has 0 bridgehead atoms. The molecule has 1 aliphatic rings. The average molecular weight is 426 g/mol. The third-order valence-corrected chi connectivity index (χ3v) is 6.18. The zero-order valence-corrected chi connectivity index (χ0v) is 18.4. The molecule has 0 unspecified atom stereocenters. The fraction of sp³-hybridized carbons (Fsp3) is 0.455. The number of nitrogens with zero attached hydrogens (tertiary/aromatic N) is 4. The molecule has 4 heterocycles. The molecule has 3 aromatic heterocycles. The summed E-state index contributed by atoms with van der Waals surface area (Å²) in [4.78, 5) is 28.2. The van der Waals surface area contributed by atoms with Gasteiger partial charge in [0.05, 0.1) is 5.39 Å². The van der Waals surface area contributed by atoms with Crippen molar-refractivity contribution in [2.45, 2.75) is 46.1 Å². The van der Waals surface area contributed by atoms with Crippen LogP contribution in [0.25, 0.3) is 10.2 Å². The van der Waals surface area contributed by atoms with Crippen molar-refractivity contribution < 1.29 is 9.53 Å². The molecule has 0 atom stereocenters. The molecule has 2 N–H and O–H groups in total. The molecule has 3 aromatic rings. The Balaban J connectivity index is 1.50. The summed E-state index contributed by atoms with van der Waals surface area (Å²) in [5, 5.41) is 3.44. The van der Waals surface area contributed by atoms with Crippen LogP contribution in [0.4, 0.5) is 5.82 Å². The van der Waals surface area contributed by atoms with Crippen LogP contribution in [-0.2, 0) is 6.42 Å². The second kappa shape index (κ2) is 8.55. The molecule has 1 fully saturated rings. The molecule has 8 heteroatoms. The lowest BCUT2D eigenvalue weighted by Gasteiger charge is -2.33. The van der Waals surface area contributed by atoms with Crippen molar-refractivity contribution in [3.63, 3.8) is 0 Å². The maximum Gasteiger partial charge on any atom is 0.267 e. The Labute approximate surface area is 180 Å². The summed E-state index contributed by atoms with van der Waals surface area (Å²) in [6, 6.07) is 3.37. The van der Waals surface area contributed by atoms with Gasteiger partial charge in [-0.25, -0.2) is 9.97 Å². The first-order valence-corrected chi connectivity index (χ1v) is 11.2. The van der Waals surface area contributed by atoms with E-state index in [2.05, 4.69) is 34.1 Å². The summed E-state index contributed by atoms with van der Waals surface area (Å²) >= 11 is 1.71. The second-order valence-corrected chi connectivity index (χ2v) is 9.04.